The monoisotopic (exact) mass is 364 g/mol. The van der Waals surface area contributed by atoms with Gasteiger partial charge in [0.05, 0.1) is 18.7 Å². The van der Waals surface area contributed by atoms with E-state index in [0.29, 0.717) is 39.4 Å². The molecule has 130 valence electrons. The van der Waals surface area contributed by atoms with Crippen LogP contribution in [0.25, 0.3) is 0 Å². The molecule has 0 aliphatic rings. The Labute approximate surface area is 147 Å². The van der Waals surface area contributed by atoms with Crippen molar-refractivity contribution in [2.75, 3.05) is 19.0 Å². The van der Waals surface area contributed by atoms with Crippen LogP contribution in [0.2, 0.25) is 0 Å². The fraction of sp³-hybridized carbons (Fsp3) is 0.176. The molecule has 0 unspecified atom stereocenters. The second kappa shape index (κ2) is 8.89. The molecule has 0 aliphatic heterocycles. The number of anilines is 1. The molecule has 2 aromatic carbocycles. The summed E-state index contributed by atoms with van der Waals surface area (Å²) in [5.41, 5.74) is 0.799. The second-order valence-corrected chi connectivity index (χ2v) is 5.78. The van der Waals surface area contributed by atoms with Gasteiger partial charge in [-0.15, -0.1) is 0 Å². The summed E-state index contributed by atoms with van der Waals surface area (Å²) in [6.07, 6.45) is 0. The number of halogens is 2. The van der Waals surface area contributed by atoms with Crippen LogP contribution in [-0.2, 0) is 4.79 Å². The summed E-state index contributed by atoms with van der Waals surface area (Å²) in [6, 6.07) is 12.7. The molecule has 0 bridgehead atoms. The standard InChI is InChI=1S/C17H14F2N2O3S/c1-23-15-7-11(9-20)5-6-14(15)24-10-16(22)21-12-3-2-4-13(8-12)25-17(18)19/h2-8,17H,10H2,1H3,(H,21,22). The molecular formula is C17H14F2N2O3S. The number of rotatable bonds is 7. The summed E-state index contributed by atoms with van der Waals surface area (Å²) in [5.74, 6) is -2.33. The number of carbonyl (C=O) groups is 1. The van der Waals surface area contributed by atoms with Crippen molar-refractivity contribution in [1.82, 2.24) is 0 Å². The molecule has 0 radical (unpaired) electrons. The molecule has 8 heteroatoms. The van der Waals surface area contributed by atoms with Crippen LogP contribution in [0.4, 0.5) is 14.5 Å². The van der Waals surface area contributed by atoms with Crippen molar-refractivity contribution in [3.8, 4) is 17.6 Å². The van der Waals surface area contributed by atoms with Crippen molar-refractivity contribution in [1.29, 1.82) is 5.26 Å². The smallest absolute Gasteiger partial charge is 0.288 e. The molecule has 25 heavy (non-hydrogen) atoms. The van der Waals surface area contributed by atoms with Crippen LogP contribution in [-0.4, -0.2) is 25.4 Å². The summed E-state index contributed by atoms with van der Waals surface area (Å²) in [5, 5.41) is 11.4. The second-order valence-electron chi connectivity index (χ2n) is 4.72. The number of benzene rings is 2. The average molecular weight is 364 g/mol. The number of methoxy groups -OCH3 is 1. The molecule has 0 heterocycles. The van der Waals surface area contributed by atoms with E-state index >= 15 is 0 Å². The number of amides is 1. The molecule has 0 saturated heterocycles. The number of nitrogens with zero attached hydrogens (tertiary/aromatic N) is 1. The van der Waals surface area contributed by atoms with Crippen molar-refractivity contribution in [3.05, 3.63) is 48.0 Å². The van der Waals surface area contributed by atoms with Gasteiger partial charge in [0, 0.05) is 16.6 Å². The van der Waals surface area contributed by atoms with Gasteiger partial charge in [-0.05, 0) is 30.3 Å². The molecular weight excluding hydrogens is 350 g/mol. The van der Waals surface area contributed by atoms with Crippen LogP contribution in [0.5, 0.6) is 11.5 Å². The maximum absolute atomic E-state index is 12.4. The van der Waals surface area contributed by atoms with E-state index in [4.69, 9.17) is 14.7 Å². The van der Waals surface area contributed by atoms with Gasteiger partial charge in [0.2, 0.25) is 0 Å². The van der Waals surface area contributed by atoms with E-state index in [0.717, 1.165) is 0 Å². The topological polar surface area (TPSA) is 71.3 Å². The minimum Gasteiger partial charge on any atom is -0.493 e. The van der Waals surface area contributed by atoms with Crippen LogP contribution in [0.15, 0.2) is 47.4 Å². The number of alkyl halides is 2. The Hall–Kier alpha value is -2.79. The van der Waals surface area contributed by atoms with Gasteiger partial charge in [-0.2, -0.15) is 14.0 Å². The lowest BCUT2D eigenvalue weighted by molar-refractivity contribution is -0.118. The number of nitriles is 1. The number of ether oxygens (including phenoxy) is 2. The number of hydrogen-bond donors (Lipinski definition) is 1. The Morgan fingerprint density at radius 1 is 1.28 bits per heavy atom. The van der Waals surface area contributed by atoms with E-state index in [1.54, 1.807) is 18.2 Å². The normalized spacial score (nSPS) is 10.2. The van der Waals surface area contributed by atoms with Crippen LogP contribution < -0.4 is 14.8 Å². The van der Waals surface area contributed by atoms with Gasteiger partial charge in [0.15, 0.2) is 18.1 Å². The molecule has 0 saturated carbocycles. The highest BCUT2D eigenvalue weighted by Gasteiger charge is 2.10. The maximum Gasteiger partial charge on any atom is 0.288 e. The third kappa shape index (κ3) is 5.65. The molecule has 0 aromatic heterocycles. The highest BCUT2D eigenvalue weighted by atomic mass is 32.2. The van der Waals surface area contributed by atoms with Crippen molar-refractivity contribution >= 4 is 23.4 Å². The lowest BCUT2D eigenvalue weighted by Gasteiger charge is -2.11. The van der Waals surface area contributed by atoms with Crippen LogP contribution in [0, 0.1) is 11.3 Å². The van der Waals surface area contributed by atoms with E-state index in [-0.39, 0.29) is 6.61 Å². The summed E-state index contributed by atoms with van der Waals surface area (Å²) < 4.78 is 35.2. The fourth-order valence-corrected chi connectivity index (χ4v) is 2.50. The quantitative estimate of drug-likeness (QED) is 0.755. The van der Waals surface area contributed by atoms with Gasteiger partial charge in [-0.25, -0.2) is 0 Å². The fourth-order valence-electron chi connectivity index (χ4n) is 1.95. The predicted octanol–water partition coefficient (Wildman–Crippen LogP) is 3.90. The first-order valence-electron chi connectivity index (χ1n) is 7.07. The largest absolute Gasteiger partial charge is 0.493 e. The molecule has 2 aromatic rings. The molecule has 0 fully saturated rings. The SMILES string of the molecule is COc1cc(C#N)ccc1OCC(=O)Nc1cccc(SC(F)F)c1. The van der Waals surface area contributed by atoms with E-state index < -0.39 is 11.7 Å². The number of thioether (sulfide) groups is 1. The zero-order chi connectivity index (χ0) is 18.2. The van der Waals surface area contributed by atoms with E-state index in [1.807, 2.05) is 6.07 Å². The van der Waals surface area contributed by atoms with E-state index in [9.17, 15) is 13.6 Å². The van der Waals surface area contributed by atoms with E-state index in [2.05, 4.69) is 5.32 Å². The third-order valence-corrected chi connectivity index (χ3v) is 3.70. The first-order chi connectivity index (χ1) is 12.0. The average Bonchev–Trinajstić information content (AvgIpc) is 2.59. The molecule has 0 aliphatic carbocycles. The predicted molar refractivity (Wildman–Crippen MR) is 90.1 cm³/mol. The van der Waals surface area contributed by atoms with Crippen molar-refractivity contribution < 1.29 is 23.0 Å². The Balaban J connectivity index is 1.96. The zero-order valence-electron chi connectivity index (χ0n) is 13.2. The summed E-state index contributed by atoms with van der Waals surface area (Å²) in [6.45, 7) is -0.297. The summed E-state index contributed by atoms with van der Waals surface area (Å²) in [7, 11) is 1.43. The Kier molecular flexibility index (Phi) is 6.60. The highest BCUT2D eigenvalue weighted by Crippen LogP contribution is 2.28. The first kappa shape index (κ1) is 18.5. The lowest BCUT2D eigenvalue weighted by atomic mass is 10.2. The van der Waals surface area contributed by atoms with Crippen molar-refractivity contribution in [2.45, 2.75) is 10.7 Å². The van der Waals surface area contributed by atoms with Crippen LogP contribution >= 0.6 is 11.8 Å². The maximum atomic E-state index is 12.4. The molecule has 0 atom stereocenters. The summed E-state index contributed by atoms with van der Waals surface area (Å²) >= 11 is 0.400. The van der Waals surface area contributed by atoms with Gasteiger partial charge >= 0.3 is 0 Å². The molecule has 5 nitrogen and oxygen atoms in total. The van der Waals surface area contributed by atoms with E-state index in [1.165, 1.54) is 31.4 Å². The van der Waals surface area contributed by atoms with Gasteiger partial charge in [-0.1, -0.05) is 17.8 Å². The number of carbonyl (C=O) groups excluding carboxylic acids is 1. The van der Waals surface area contributed by atoms with Crippen LogP contribution in [0.3, 0.4) is 0 Å². The molecule has 1 N–H and O–H groups in total. The molecule has 0 spiro atoms. The highest BCUT2D eigenvalue weighted by molar-refractivity contribution is 7.99. The Morgan fingerprint density at radius 3 is 2.76 bits per heavy atom. The van der Waals surface area contributed by atoms with Gasteiger partial charge < -0.3 is 14.8 Å². The van der Waals surface area contributed by atoms with Gasteiger partial charge in [-0.3, -0.25) is 4.79 Å². The minimum atomic E-state index is -2.53. The zero-order valence-corrected chi connectivity index (χ0v) is 14.0. The molecule has 2 rings (SSSR count). The van der Waals surface area contributed by atoms with Crippen molar-refractivity contribution in [3.63, 3.8) is 0 Å². The first-order valence-corrected chi connectivity index (χ1v) is 7.95. The van der Waals surface area contributed by atoms with Crippen LogP contribution in [0.1, 0.15) is 5.56 Å². The molecule has 1 amide bonds. The lowest BCUT2D eigenvalue weighted by Crippen LogP contribution is -2.20. The number of nitrogens with one attached hydrogen (secondary N) is 1. The Morgan fingerprint density at radius 2 is 2.08 bits per heavy atom. The van der Waals surface area contributed by atoms with Gasteiger partial charge in [0.1, 0.15) is 0 Å². The van der Waals surface area contributed by atoms with Gasteiger partial charge in [0.25, 0.3) is 11.7 Å². The third-order valence-electron chi connectivity index (χ3n) is 2.99. The Bertz CT molecular complexity index is 794. The minimum absolute atomic E-state index is 0.297. The van der Waals surface area contributed by atoms with Crippen molar-refractivity contribution in [2.24, 2.45) is 0 Å². The summed E-state index contributed by atoms with van der Waals surface area (Å²) in [4.78, 5) is 12.3. The number of hydrogen-bond acceptors (Lipinski definition) is 5.